The van der Waals surface area contributed by atoms with Crippen LogP contribution in [-0.4, -0.2) is 28.7 Å². The van der Waals surface area contributed by atoms with Crippen LogP contribution in [0.1, 0.15) is 51.0 Å². The van der Waals surface area contributed by atoms with E-state index in [0.29, 0.717) is 18.0 Å². The number of aliphatic hydroxyl groups is 1. The fraction of sp³-hybridized carbons (Fsp3) is 0.550. The van der Waals surface area contributed by atoms with E-state index in [-0.39, 0.29) is 19.1 Å². The van der Waals surface area contributed by atoms with Crippen LogP contribution in [0.3, 0.4) is 0 Å². The molecule has 1 aromatic heterocycles. The maximum Gasteiger partial charge on any atom is 0.224 e. The van der Waals surface area contributed by atoms with E-state index < -0.39 is 6.04 Å². The summed E-state index contributed by atoms with van der Waals surface area (Å²) in [5.41, 5.74) is 1.54. The van der Waals surface area contributed by atoms with Crippen LogP contribution >= 0.6 is 15.9 Å². The average molecular weight is 436 g/mol. The van der Waals surface area contributed by atoms with Crippen molar-refractivity contribution in [1.82, 2.24) is 4.57 Å². The number of fused-ring (bicyclic) bond motifs is 1. The topological polar surface area (TPSA) is 83.7 Å². The molecule has 2 aromatic rings. The molecule has 6 nitrogen and oxygen atoms in total. The Hall–Kier alpha value is -1.73. The molecule has 0 radical (unpaired) electrons. The molecule has 27 heavy (non-hydrogen) atoms. The molecule has 1 fully saturated rings. The Morgan fingerprint density at radius 2 is 2.04 bits per heavy atom. The summed E-state index contributed by atoms with van der Waals surface area (Å²) < 4.78 is 2.68. The van der Waals surface area contributed by atoms with E-state index in [2.05, 4.69) is 26.4 Å². The molecule has 146 valence electrons. The highest BCUT2D eigenvalue weighted by Gasteiger charge is 2.21. The molecule has 1 amide bonds. The molecule has 7 heteroatoms. The van der Waals surface area contributed by atoms with Gasteiger partial charge in [-0.1, -0.05) is 52.9 Å². The van der Waals surface area contributed by atoms with Crippen LogP contribution in [0.2, 0.25) is 0 Å². The number of aliphatic hydroxyl groups excluding tert-OH is 1. The second-order valence-corrected chi connectivity index (χ2v) is 8.20. The predicted octanol–water partition coefficient (Wildman–Crippen LogP) is 5.00. The number of aromatic nitrogens is 1. The lowest BCUT2D eigenvalue weighted by atomic mass is 9.96. The Balaban J connectivity index is 1.85. The van der Waals surface area contributed by atoms with Gasteiger partial charge in [0.15, 0.2) is 0 Å². The van der Waals surface area contributed by atoms with Crippen LogP contribution in [-0.2, 0) is 4.79 Å². The maximum absolute atomic E-state index is 12.7. The molecule has 1 saturated carbocycles. The number of carbonyl (C=O) groups is 1. The summed E-state index contributed by atoms with van der Waals surface area (Å²) in [5.74, 6) is 0.472. The lowest BCUT2D eigenvalue weighted by Gasteiger charge is -2.14. The smallest absolute Gasteiger partial charge is 0.224 e. The highest BCUT2D eigenvalue weighted by molar-refractivity contribution is 9.10. The monoisotopic (exact) mass is 435 g/mol. The zero-order chi connectivity index (χ0) is 19.2. The first kappa shape index (κ1) is 20.0. The van der Waals surface area contributed by atoms with Crippen molar-refractivity contribution in [2.45, 2.75) is 51.0 Å². The molecule has 1 aliphatic rings. The van der Waals surface area contributed by atoms with E-state index >= 15 is 0 Å². The second-order valence-electron chi connectivity index (χ2n) is 7.34. The van der Waals surface area contributed by atoms with Gasteiger partial charge in [-0.05, 0) is 30.9 Å². The number of hydrogen-bond acceptors (Lipinski definition) is 4. The number of benzene rings is 1. The minimum Gasteiger partial charge on any atom is -0.394 e. The number of rotatable bonds is 7. The highest BCUT2D eigenvalue weighted by atomic mass is 79.9. The number of amides is 1. The molecule has 1 heterocycles. The quantitative estimate of drug-likeness (QED) is 0.473. The molecular formula is C20H26BrN3O3. The molecule has 1 aromatic carbocycles. The van der Waals surface area contributed by atoms with Crippen molar-refractivity contribution in [3.05, 3.63) is 33.8 Å². The van der Waals surface area contributed by atoms with Crippen molar-refractivity contribution < 1.29 is 9.90 Å². The molecule has 3 rings (SSSR count). The number of nitroso groups, excluding NO2 is 1. The lowest BCUT2D eigenvalue weighted by molar-refractivity contribution is -0.117. The van der Waals surface area contributed by atoms with Crippen molar-refractivity contribution in [3.63, 3.8) is 0 Å². The van der Waals surface area contributed by atoms with Gasteiger partial charge in [0.25, 0.3) is 0 Å². The molecule has 2 N–H and O–H groups in total. The third kappa shape index (κ3) is 4.76. The molecule has 0 saturated heterocycles. The van der Waals surface area contributed by atoms with Gasteiger partial charge in [0.1, 0.15) is 6.54 Å². The Morgan fingerprint density at radius 3 is 2.70 bits per heavy atom. The van der Waals surface area contributed by atoms with Gasteiger partial charge < -0.3 is 15.0 Å². The van der Waals surface area contributed by atoms with E-state index in [1.165, 1.54) is 25.7 Å². The van der Waals surface area contributed by atoms with Crippen LogP contribution in [0.15, 0.2) is 34.0 Å². The van der Waals surface area contributed by atoms with E-state index in [1.54, 1.807) is 6.20 Å². The molecule has 0 spiro atoms. The van der Waals surface area contributed by atoms with Crippen LogP contribution in [0.25, 0.3) is 10.9 Å². The Bertz CT molecular complexity index is 797. The molecule has 0 aliphatic heterocycles. The first-order valence-electron chi connectivity index (χ1n) is 9.63. The van der Waals surface area contributed by atoms with Gasteiger partial charge in [-0.15, -0.1) is 0 Å². The largest absolute Gasteiger partial charge is 0.394 e. The van der Waals surface area contributed by atoms with Crippen molar-refractivity contribution in [2.24, 2.45) is 11.1 Å². The summed E-state index contributed by atoms with van der Waals surface area (Å²) in [5, 5.41) is 16.5. The van der Waals surface area contributed by atoms with Gasteiger partial charge in [0.05, 0.1) is 23.9 Å². The molecule has 1 atom stereocenters. The summed E-state index contributed by atoms with van der Waals surface area (Å²) in [6.07, 6.45) is 9.53. The fourth-order valence-corrected chi connectivity index (χ4v) is 4.59. The first-order chi connectivity index (χ1) is 13.1. The molecule has 1 unspecified atom stereocenters. The average Bonchev–Trinajstić information content (AvgIpc) is 2.83. The number of hydrogen-bond donors (Lipinski definition) is 2. The summed E-state index contributed by atoms with van der Waals surface area (Å²) in [6, 6.07) is 5.27. The fourth-order valence-electron chi connectivity index (χ4n) is 4.02. The number of anilines is 1. The first-order valence-corrected chi connectivity index (χ1v) is 10.4. The zero-order valence-electron chi connectivity index (χ0n) is 15.4. The Morgan fingerprint density at radius 1 is 1.30 bits per heavy atom. The predicted molar refractivity (Wildman–Crippen MR) is 111 cm³/mol. The summed E-state index contributed by atoms with van der Waals surface area (Å²) in [4.78, 5) is 23.4. The van der Waals surface area contributed by atoms with Gasteiger partial charge in [-0.3, -0.25) is 4.79 Å². The normalized spacial score (nSPS) is 16.8. The SMILES string of the molecule is O=NCC(CO)n1cc(NC(=O)CC2CCCCCC2)c2c(Br)cccc21. The van der Waals surface area contributed by atoms with E-state index in [0.717, 1.165) is 28.2 Å². The van der Waals surface area contributed by atoms with E-state index in [1.807, 2.05) is 22.8 Å². The van der Waals surface area contributed by atoms with Crippen LogP contribution in [0, 0.1) is 10.8 Å². The van der Waals surface area contributed by atoms with Gasteiger partial charge in [-0.2, -0.15) is 4.91 Å². The molecule has 1 aliphatic carbocycles. The Kier molecular flexibility index (Phi) is 7.01. The van der Waals surface area contributed by atoms with Crippen LogP contribution in [0.5, 0.6) is 0 Å². The second kappa shape index (κ2) is 9.46. The lowest BCUT2D eigenvalue weighted by Crippen LogP contribution is -2.17. The van der Waals surface area contributed by atoms with Crippen molar-refractivity contribution in [3.8, 4) is 0 Å². The number of carbonyl (C=O) groups excluding carboxylic acids is 1. The van der Waals surface area contributed by atoms with Gasteiger partial charge in [0, 0.05) is 22.5 Å². The van der Waals surface area contributed by atoms with E-state index in [4.69, 9.17) is 0 Å². The number of nitrogens with one attached hydrogen (secondary N) is 1. The minimum atomic E-state index is -0.452. The minimum absolute atomic E-state index is 0.0192. The molecule has 0 bridgehead atoms. The standard InChI is InChI=1S/C20H26BrN3O3/c21-16-8-5-9-18-20(16)17(12-24(18)15(13-25)11-22-27)23-19(26)10-14-6-3-1-2-4-7-14/h5,8-9,12,14-15,25H,1-4,6-7,10-11,13H2,(H,23,26). The van der Waals surface area contributed by atoms with Gasteiger partial charge in [-0.25, -0.2) is 0 Å². The number of halogens is 1. The third-order valence-electron chi connectivity index (χ3n) is 5.42. The van der Waals surface area contributed by atoms with Gasteiger partial charge in [0.2, 0.25) is 5.91 Å². The maximum atomic E-state index is 12.7. The Labute approximate surface area is 167 Å². The van der Waals surface area contributed by atoms with Gasteiger partial charge >= 0.3 is 0 Å². The summed E-state index contributed by atoms with van der Waals surface area (Å²) in [7, 11) is 0. The zero-order valence-corrected chi connectivity index (χ0v) is 17.0. The number of nitrogens with zero attached hydrogens (tertiary/aromatic N) is 2. The van der Waals surface area contributed by atoms with Crippen molar-refractivity contribution >= 4 is 38.4 Å². The summed E-state index contributed by atoms with van der Waals surface area (Å²) >= 11 is 3.56. The molecular weight excluding hydrogens is 410 g/mol. The highest BCUT2D eigenvalue weighted by Crippen LogP contribution is 2.35. The summed E-state index contributed by atoms with van der Waals surface area (Å²) in [6.45, 7) is -0.222. The third-order valence-corrected chi connectivity index (χ3v) is 6.08. The van der Waals surface area contributed by atoms with Crippen molar-refractivity contribution in [2.75, 3.05) is 18.5 Å². The van der Waals surface area contributed by atoms with E-state index in [9.17, 15) is 14.8 Å². The van der Waals surface area contributed by atoms with Crippen molar-refractivity contribution in [1.29, 1.82) is 0 Å². The van der Waals surface area contributed by atoms with Crippen LogP contribution < -0.4 is 5.32 Å². The van der Waals surface area contributed by atoms with Crippen LogP contribution in [0.4, 0.5) is 5.69 Å².